The topological polar surface area (TPSA) is 106 Å². The monoisotopic (exact) mass is 249 g/mol. The maximum absolute atomic E-state index is 11.7. The van der Waals surface area contributed by atoms with Crippen LogP contribution in [0.1, 0.15) is 37.0 Å². The number of nitrogens with zero attached hydrogens (tertiary/aromatic N) is 1. The fraction of sp³-hybridized carbons (Fsp3) is 0.364. The normalized spacial score (nSPS) is 11.5. The van der Waals surface area contributed by atoms with Crippen molar-refractivity contribution in [2.75, 3.05) is 5.32 Å². The van der Waals surface area contributed by atoms with E-state index in [0.29, 0.717) is 5.82 Å². The zero-order valence-electron chi connectivity index (χ0n) is 10.4. The standard InChI is InChI=1S/C11H15N5O2/c1-11(2,3)7-4-8(16-15-7)14-9(17)6-5-12-10(18)13-6/h4-5H,1-3H3,(H2,12,13,18)(H2,14,15,16,17). The lowest BCUT2D eigenvalue weighted by atomic mass is 9.92. The summed E-state index contributed by atoms with van der Waals surface area (Å²) in [5, 5.41) is 9.45. The van der Waals surface area contributed by atoms with Gasteiger partial charge >= 0.3 is 5.69 Å². The van der Waals surface area contributed by atoms with Crippen LogP contribution in [0.4, 0.5) is 5.82 Å². The van der Waals surface area contributed by atoms with Gasteiger partial charge in [0.2, 0.25) is 0 Å². The number of hydrogen-bond donors (Lipinski definition) is 4. The number of nitrogens with one attached hydrogen (secondary N) is 4. The molecule has 7 nitrogen and oxygen atoms in total. The van der Waals surface area contributed by atoms with E-state index in [9.17, 15) is 9.59 Å². The van der Waals surface area contributed by atoms with Gasteiger partial charge in [-0.1, -0.05) is 20.8 Å². The van der Waals surface area contributed by atoms with Crippen molar-refractivity contribution in [1.82, 2.24) is 20.2 Å². The minimum Gasteiger partial charge on any atom is -0.312 e. The summed E-state index contributed by atoms with van der Waals surface area (Å²) in [6.45, 7) is 6.11. The molecule has 0 spiro atoms. The van der Waals surface area contributed by atoms with Gasteiger partial charge < -0.3 is 15.3 Å². The second kappa shape index (κ2) is 4.17. The lowest BCUT2D eigenvalue weighted by molar-refractivity contribution is 0.102. The summed E-state index contributed by atoms with van der Waals surface area (Å²) in [6.07, 6.45) is 1.31. The number of aromatic nitrogens is 4. The van der Waals surface area contributed by atoms with Gasteiger partial charge in [-0.15, -0.1) is 0 Å². The van der Waals surface area contributed by atoms with E-state index in [-0.39, 0.29) is 11.1 Å². The average Bonchev–Trinajstić information content (AvgIpc) is 2.85. The number of hydrogen-bond acceptors (Lipinski definition) is 3. The van der Waals surface area contributed by atoms with Crippen LogP contribution < -0.4 is 11.0 Å². The van der Waals surface area contributed by atoms with E-state index in [1.807, 2.05) is 20.8 Å². The molecular formula is C11H15N5O2. The van der Waals surface area contributed by atoms with Gasteiger partial charge in [0.25, 0.3) is 5.91 Å². The molecule has 0 saturated carbocycles. The van der Waals surface area contributed by atoms with Gasteiger partial charge in [0, 0.05) is 23.4 Å². The van der Waals surface area contributed by atoms with E-state index in [1.165, 1.54) is 6.20 Å². The quantitative estimate of drug-likeness (QED) is 0.637. The Morgan fingerprint density at radius 1 is 1.39 bits per heavy atom. The summed E-state index contributed by atoms with van der Waals surface area (Å²) in [4.78, 5) is 27.3. The number of amides is 1. The van der Waals surface area contributed by atoms with Crippen LogP contribution in [0.15, 0.2) is 17.1 Å². The molecule has 0 aliphatic carbocycles. The SMILES string of the molecule is CC(C)(C)c1cc(NC(=O)c2c[nH]c(=O)[nH]2)n[nH]1. The average molecular weight is 249 g/mol. The van der Waals surface area contributed by atoms with Gasteiger partial charge in [0.15, 0.2) is 5.82 Å². The molecule has 2 rings (SSSR count). The highest BCUT2D eigenvalue weighted by Gasteiger charge is 2.18. The predicted molar refractivity (Wildman–Crippen MR) is 66.7 cm³/mol. The van der Waals surface area contributed by atoms with E-state index in [2.05, 4.69) is 25.5 Å². The van der Waals surface area contributed by atoms with Crippen molar-refractivity contribution in [2.24, 2.45) is 0 Å². The molecule has 0 unspecified atom stereocenters. The van der Waals surface area contributed by atoms with Crippen LogP contribution in [-0.4, -0.2) is 26.1 Å². The van der Waals surface area contributed by atoms with Gasteiger partial charge in [-0.2, -0.15) is 5.10 Å². The molecule has 96 valence electrons. The van der Waals surface area contributed by atoms with E-state index >= 15 is 0 Å². The van der Waals surface area contributed by atoms with E-state index in [4.69, 9.17) is 0 Å². The number of imidazole rings is 1. The van der Waals surface area contributed by atoms with Crippen LogP contribution in [0, 0.1) is 0 Å². The summed E-state index contributed by atoms with van der Waals surface area (Å²) in [7, 11) is 0. The summed E-state index contributed by atoms with van der Waals surface area (Å²) in [5.41, 5.74) is 0.594. The van der Waals surface area contributed by atoms with Gasteiger partial charge in [0.05, 0.1) is 0 Å². The Labute approximate surface area is 103 Å². The number of rotatable bonds is 2. The first-order chi connectivity index (χ1) is 8.36. The zero-order valence-corrected chi connectivity index (χ0v) is 10.4. The van der Waals surface area contributed by atoms with Crippen LogP contribution >= 0.6 is 0 Å². The predicted octanol–water partition coefficient (Wildman–Crippen LogP) is 0.976. The number of anilines is 1. The number of aromatic amines is 3. The second-order valence-corrected chi connectivity index (χ2v) is 5.03. The lowest BCUT2D eigenvalue weighted by Crippen LogP contribution is -2.14. The van der Waals surface area contributed by atoms with Gasteiger partial charge in [-0.05, 0) is 0 Å². The number of carbonyl (C=O) groups excluding carboxylic acids is 1. The molecule has 7 heteroatoms. The molecule has 2 aromatic rings. The van der Waals surface area contributed by atoms with Crippen molar-refractivity contribution in [3.63, 3.8) is 0 Å². The Balaban J connectivity index is 2.13. The van der Waals surface area contributed by atoms with Crippen molar-refractivity contribution >= 4 is 11.7 Å². The first kappa shape index (κ1) is 12.2. The van der Waals surface area contributed by atoms with Crippen LogP contribution in [0.25, 0.3) is 0 Å². The van der Waals surface area contributed by atoms with Crippen LogP contribution in [-0.2, 0) is 5.41 Å². The van der Waals surface area contributed by atoms with Crippen LogP contribution in [0.2, 0.25) is 0 Å². The van der Waals surface area contributed by atoms with Gasteiger partial charge in [0.1, 0.15) is 5.69 Å². The fourth-order valence-electron chi connectivity index (χ4n) is 1.41. The molecule has 2 heterocycles. The lowest BCUT2D eigenvalue weighted by Gasteiger charge is -2.14. The van der Waals surface area contributed by atoms with E-state index in [0.717, 1.165) is 5.69 Å². The largest absolute Gasteiger partial charge is 0.323 e. The summed E-state index contributed by atoms with van der Waals surface area (Å²) in [6, 6.07) is 1.77. The first-order valence-corrected chi connectivity index (χ1v) is 5.51. The highest BCUT2D eigenvalue weighted by atomic mass is 16.2. The molecule has 0 saturated heterocycles. The number of carbonyl (C=O) groups is 1. The molecule has 4 N–H and O–H groups in total. The van der Waals surface area contributed by atoms with E-state index < -0.39 is 11.6 Å². The van der Waals surface area contributed by atoms with Crippen LogP contribution in [0.5, 0.6) is 0 Å². The van der Waals surface area contributed by atoms with Crippen molar-refractivity contribution < 1.29 is 4.79 Å². The maximum atomic E-state index is 11.7. The summed E-state index contributed by atoms with van der Waals surface area (Å²) >= 11 is 0. The Hall–Kier alpha value is -2.31. The third kappa shape index (κ3) is 2.50. The Kier molecular flexibility index (Phi) is 2.82. The maximum Gasteiger partial charge on any atom is 0.323 e. The molecule has 0 aromatic carbocycles. The molecule has 2 aromatic heterocycles. The third-order valence-corrected chi connectivity index (χ3v) is 2.47. The van der Waals surface area contributed by atoms with Crippen molar-refractivity contribution in [3.8, 4) is 0 Å². The molecular weight excluding hydrogens is 234 g/mol. The zero-order chi connectivity index (χ0) is 13.3. The Bertz CT molecular complexity index is 614. The molecule has 18 heavy (non-hydrogen) atoms. The summed E-state index contributed by atoms with van der Waals surface area (Å²) < 4.78 is 0. The first-order valence-electron chi connectivity index (χ1n) is 5.51. The molecule has 0 fully saturated rings. The third-order valence-electron chi connectivity index (χ3n) is 2.47. The Morgan fingerprint density at radius 3 is 2.61 bits per heavy atom. The summed E-state index contributed by atoms with van der Waals surface area (Å²) in [5.74, 6) is 0.00674. The van der Waals surface area contributed by atoms with Crippen molar-refractivity contribution in [1.29, 1.82) is 0 Å². The van der Waals surface area contributed by atoms with Crippen molar-refractivity contribution in [3.05, 3.63) is 34.1 Å². The van der Waals surface area contributed by atoms with Gasteiger partial charge in [-0.3, -0.25) is 9.89 Å². The fourth-order valence-corrected chi connectivity index (χ4v) is 1.41. The minimum absolute atomic E-state index is 0.0711. The molecule has 0 aliphatic heterocycles. The smallest absolute Gasteiger partial charge is 0.312 e. The second-order valence-electron chi connectivity index (χ2n) is 5.03. The molecule has 0 aliphatic rings. The molecule has 1 amide bonds. The highest BCUT2D eigenvalue weighted by Crippen LogP contribution is 2.21. The van der Waals surface area contributed by atoms with E-state index in [1.54, 1.807) is 6.07 Å². The highest BCUT2D eigenvalue weighted by molar-refractivity contribution is 6.02. The van der Waals surface area contributed by atoms with Crippen molar-refractivity contribution in [2.45, 2.75) is 26.2 Å². The number of H-pyrrole nitrogens is 3. The minimum atomic E-state index is -0.419. The van der Waals surface area contributed by atoms with Gasteiger partial charge in [-0.25, -0.2) is 4.79 Å². The Morgan fingerprint density at radius 2 is 2.11 bits per heavy atom. The molecule has 0 atom stereocenters. The van der Waals surface area contributed by atoms with Crippen LogP contribution in [0.3, 0.4) is 0 Å². The molecule has 0 radical (unpaired) electrons. The molecule has 0 bridgehead atoms.